The number of carbonyl (C=O) groups excluding carboxylic acids is 2. The highest BCUT2D eigenvalue weighted by atomic mass is 16.5. The van der Waals surface area contributed by atoms with Gasteiger partial charge >= 0.3 is 0 Å². The molecule has 2 aromatic carbocycles. The van der Waals surface area contributed by atoms with Crippen LogP contribution in [-0.4, -0.2) is 42.0 Å². The Kier molecular flexibility index (Phi) is 10.5. The van der Waals surface area contributed by atoms with Gasteiger partial charge in [-0.25, -0.2) is 0 Å². The van der Waals surface area contributed by atoms with Crippen molar-refractivity contribution in [2.75, 3.05) is 13.2 Å². The minimum absolute atomic E-state index is 0.0193. The van der Waals surface area contributed by atoms with Crippen LogP contribution in [0.25, 0.3) is 0 Å². The van der Waals surface area contributed by atoms with Gasteiger partial charge in [0.25, 0.3) is 0 Å². The number of amides is 2. The molecule has 0 saturated heterocycles. The lowest BCUT2D eigenvalue weighted by Gasteiger charge is -2.31. The third kappa shape index (κ3) is 7.74. The summed E-state index contributed by atoms with van der Waals surface area (Å²) in [7, 11) is 0. The summed E-state index contributed by atoms with van der Waals surface area (Å²) < 4.78 is 11.4. The first-order valence-corrected chi connectivity index (χ1v) is 13.1. The molecule has 1 aliphatic rings. The number of nitrogens with zero attached hydrogens (tertiary/aromatic N) is 1. The zero-order valence-corrected chi connectivity index (χ0v) is 21.4. The maximum atomic E-state index is 13.5. The molecule has 0 radical (unpaired) electrons. The molecular formula is C29H40N2O4. The Morgan fingerprint density at radius 2 is 1.63 bits per heavy atom. The molecule has 35 heavy (non-hydrogen) atoms. The number of rotatable bonds is 13. The highest BCUT2D eigenvalue weighted by molar-refractivity contribution is 5.88. The van der Waals surface area contributed by atoms with Crippen molar-refractivity contribution >= 4 is 11.8 Å². The number of carbonyl (C=O) groups is 2. The van der Waals surface area contributed by atoms with E-state index in [9.17, 15) is 9.59 Å². The van der Waals surface area contributed by atoms with E-state index in [4.69, 9.17) is 9.47 Å². The zero-order valence-electron chi connectivity index (χ0n) is 21.4. The van der Waals surface area contributed by atoms with Crippen molar-refractivity contribution < 1.29 is 19.1 Å². The molecule has 1 aliphatic carbocycles. The van der Waals surface area contributed by atoms with Gasteiger partial charge in [0.15, 0.2) is 11.5 Å². The fourth-order valence-corrected chi connectivity index (χ4v) is 4.71. The monoisotopic (exact) mass is 480 g/mol. The highest BCUT2D eigenvalue weighted by Gasteiger charge is 2.30. The van der Waals surface area contributed by atoms with Crippen molar-refractivity contribution in [3.63, 3.8) is 0 Å². The van der Waals surface area contributed by atoms with Gasteiger partial charge < -0.3 is 19.7 Å². The van der Waals surface area contributed by atoms with Gasteiger partial charge in [-0.3, -0.25) is 9.59 Å². The Morgan fingerprint density at radius 1 is 0.943 bits per heavy atom. The molecule has 3 rings (SSSR count). The summed E-state index contributed by atoms with van der Waals surface area (Å²) in [4.78, 5) is 28.5. The summed E-state index contributed by atoms with van der Waals surface area (Å²) in [6, 6.07) is 15.5. The van der Waals surface area contributed by atoms with E-state index in [1.54, 1.807) is 4.90 Å². The topological polar surface area (TPSA) is 67.9 Å². The molecular weight excluding hydrogens is 440 g/mol. The molecule has 0 spiro atoms. The second-order valence-electron chi connectivity index (χ2n) is 9.07. The van der Waals surface area contributed by atoms with E-state index < -0.39 is 6.04 Å². The first-order chi connectivity index (χ1) is 17.0. The smallest absolute Gasteiger partial charge is 0.243 e. The van der Waals surface area contributed by atoms with Gasteiger partial charge in [-0.15, -0.1) is 0 Å². The van der Waals surface area contributed by atoms with E-state index in [2.05, 4.69) is 5.32 Å². The van der Waals surface area contributed by atoms with E-state index in [1.807, 2.05) is 69.3 Å². The lowest BCUT2D eigenvalue weighted by Crippen LogP contribution is -2.51. The summed E-state index contributed by atoms with van der Waals surface area (Å²) >= 11 is 0. The van der Waals surface area contributed by atoms with Gasteiger partial charge in [-0.05, 0) is 62.8 Å². The van der Waals surface area contributed by atoms with Gasteiger partial charge in [-0.1, -0.05) is 56.2 Å². The number of ether oxygens (including phenoxy) is 2. The quantitative estimate of drug-likeness (QED) is 0.423. The molecule has 0 heterocycles. The van der Waals surface area contributed by atoms with Crippen LogP contribution in [0.3, 0.4) is 0 Å². The Hall–Kier alpha value is -3.02. The number of nitrogens with one attached hydrogen (secondary N) is 1. The maximum absolute atomic E-state index is 13.5. The first kappa shape index (κ1) is 26.6. The van der Waals surface area contributed by atoms with E-state index in [0.717, 1.165) is 36.8 Å². The van der Waals surface area contributed by atoms with Crippen LogP contribution in [0.2, 0.25) is 0 Å². The third-order valence-corrected chi connectivity index (χ3v) is 6.52. The summed E-state index contributed by atoms with van der Waals surface area (Å²) in [6.45, 7) is 7.38. The van der Waals surface area contributed by atoms with Crippen LogP contribution in [0.5, 0.6) is 11.5 Å². The van der Waals surface area contributed by atoms with Crippen molar-refractivity contribution in [3.05, 3.63) is 59.7 Å². The Morgan fingerprint density at radius 3 is 2.29 bits per heavy atom. The van der Waals surface area contributed by atoms with Gasteiger partial charge in [0, 0.05) is 19.0 Å². The van der Waals surface area contributed by atoms with Crippen LogP contribution >= 0.6 is 0 Å². The predicted molar refractivity (Wildman–Crippen MR) is 139 cm³/mol. The van der Waals surface area contributed by atoms with Crippen LogP contribution in [0.4, 0.5) is 0 Å². The van der Waals surface area contributed by atoms with Crippen LogP contribution in [0, 0.1) is 0 Å². The third-order valence-electron chi connectivity index (χ3n) is 6.52. The Labute approximate surface area is 210 Å². The van der Waals surface area contributed by atoms with E-state index in [0.29, 0.717) is 50.5 Å². The zero-order chi connectivity index (χ0) is 25.0. The number of hydrogen-bond donors (Lipinski definition) is 1. The fraction of sp³-hybridized carbons (Fsp3) is 0.517. The molecule has 1 saturated carbocycles. The molecule has 2 amide bonds. The fourth-order valence-electron chi connectivity index (χ4n) is 4.71. The molecule has 1 N–H and O–H groups in total. The highest BCUT2D eigenvalue weighted by Crippen LogP contribution is 2.29. The van der Waals surface area contributed by atoms with Crippen molar-refractivity contribution in [2.45, 2.75) is 84.3 Å². The van der Waals surface area contributed by atoms with Crippen molar-refractivity contribution in [3.8, 4) is 11.5 Å². The lowest BCUT2D eigenvalue weighted by molar-refractivity contribution is -0.141. The number of aryl methyl sites for hydroxylation is 1. The summed E-state index contributed by atoms with van der Waals surface area (Å²) in [6.07, 6.45) is 5.81. The molecule has 6 heteroatoms. The van der Waals surface area contributed by atoms with Gasteiger partial charge in [0.2, 0.25) is 11.8 Å². The minimum atomic E-state index is -0.484. The lowest BCUT2D eigenvalue weighted by atomic mass is 10.1. The molecule has 0 aliphatic heterocycles. The van der Waals surface area contributed by atoms with Gasteiger partial charge in [0.05, 0.1) is 13.2 Å². The van der Waals surface area contributed by atoms with Crippen molar-refractivity contribution in [2.24, 2.45) is 0 Å². The molecule has 2 aromatic rings. The summed E-state index contributed by atoms with van der Waals surface area (Å²) in [5, 5.41) is 3.20. The van der Waals surface area contributed by atoms with Crippen molar-refractivity contribution in [1.82, 2.24) is 10.2 Å². The molecule has 190 valence electrons. The molecule has 1 atom stereocenters. The molecule has 1 unspecified atom stereocenters. The Balaban J connectivity index is 1.74. The first-order valence-electron chi connectivity index (χ1n) is 13.1. The SMILES string of the molecule is CCOc1ccc(CCC(=O)N(Cc2ccccc2)C(CC)C(=O)NC2CCCC2)cc1OCC. The van der Waals surface area contributed by atoms with Crippen LogP contribution < -0.4 is 14.8 Å². The summed E-state index contributed by atoms with van der Waals surface area (Å²) in [5.41, 5.74) is 2.03. The standard InChI is InChI=1S/C29H40N2O4/c1-4-25(29(33)30-24-14-10-11-15-24)31(21-23-12-8-7-9-13-23)28(32)19-17-22-16-18-26(34-5-2)27(20-22)35-6-3/h7-9,12-13,16,18,20,24-25H,4-6,10-11,14-15,17,19,21H2,1-3H3,(H,30,33). The molecule has 0 bridgehead atoms. The largest absolute Gasteiger partial charge is 0.490 e. The van der Waals surface area contributed by atoms with E-state index in [-0.39, 0.29) is 17.9 Å². The number of benzene rings is 2. The molecule has 1 fully saturated rings. The van der Waals surface area contributed by atoms with Crippen molar-refractivity contribution in [1.29, 1.82) is 0 Å². The Bertz CT molecular complexity index is 941. The summed E-state index contributed by atoms with van der Waals surface area (Å²) in [5.74, 6) is 1.35. The molecule has 0 aromatic heterocycles. The van der Waals surface area contributed by atoms with Crippen LogP contribution in [0.15, 0.2) is 48.5 Å². The maximum Gasteiger partial charge on any atom is 0.243 e. The van der Waals surface area contributed by atoms with Gasteiger partial charge in [0.1, 0.15) is 6.04 Å². The average molecular weight is 481 g/mol. The minimum Gasteiger partial charge on any atom is -0.490 e. The van der Waals surface area contributed by atoms with Gasteiger partial charge in [-0.2, -0.15) is 0 Å². The molecule has 6 nitrogen and oxygen atoms in total. The second-order valence-corrected chi connectivity index (χ2v) is 9.07. The van der Waals surface area contributed by atoms with E-state index >= 15 is 0 Å². The van der Waals surface area contributed by atoms with E-state index in [1.165, 1.54) is 0 Å². The average Bonchev–Trinajstić information content (AvgIpc) is 3.37. The van der Waals surface area contributed by atoms with Crippen LogP contribution in [0.1, 0.15) is 70.4 Å². The normalized spacial score (nSPS) is 14.4. The van der Waals surface area contributed by atoms with Crippen LogP contribution in [-0.2, 0) is 22.6 Å². The predicted octanol–water partition coefficient (Wildman–Crippen LogP) is 5.28. The second kappa shape index (κ2) is 13.8. The number of hydrogen-bond acceptors (Lipinski definition) is 4.